The Labute approximate surface area is 101 Å². The molecule has 76 valence electrons. The van der Waals surface area contributed by atoms with E-state index < -0.39 is 0 Å². The van der Waals surface area contributed by atoms with E-state index in [0.717, 1.165) is 6.54 Å². The minimum atomic E-state index is 0.980. The molecule has 1 N–H and O–H groups in total. The number of para-hydroxylation sites is 1. The molecule has 1 nitrogen and oxygen atoms in total. The van der Waals surface area contributed by atoms with E-state index in [1.165, 1.54) is 25.9 Å². The molecular weight excluding hydrogens is 242 g/mol. The van der Waals surface area contributed by atoms with Gasteiger partial charge in [0.2, 0.25) is 0 Å². The summed E-state index contributed by atoms with van der Waals surface area (Å²) in [4.78, 5) is 1.48. The fourth-order valence-corrected chi connectivity index (χ4v) is 5.71. The summed E-state index contributed by atoms with van der Waals surface area (Å²) in [6.45, 7) is 0.980. The van der Waals surface area contributed by atoms with Crippen LogP contribution in [-0.2, 0) is 6.54 Å². The lowest BCUT2D eigenvalue weighted by atomic mass is 10.0. The Bertz CT molecular complexity index is 491. The molecule has 0 saturated heterocycles. The molecule has 0 unspecified atom stereocenters. The number of hydrogen-bond donors (Lipinski definition) is 1. The lowest BCUT2D eigenvalue weighted by Crippen LogP contribution is -2.05. The van der Waals surface area contributed by atoms with Crippen molar-refractivity contribution in [3.8, 4) is 11.1 Å². The van der Waals surface area contributed by atoms with Crippen molar-refractivity contribution >= 4 is 38.1 Å². The van der Waals surface area contributed by atoms with Gasteiger partial charge in [-0.1, -0.05) is 30.0 Å². The van der Waals surface area contributed by atoms with Crippen LogP contribution in [-0.4, -0.2) is 6.26 Å². The van der Waals surface area contributed by atoms with Crippen LogP contribution in [0.2, 0.25) is 0 Å². The Balaban J connectivity index is 2.27. The van der Waals surface area contributed by atoms with Crippen LogP contribution in [0.4, 0.5) is 5.69 Å². The highest BCUT2D eigenvalue weighted by molar-refractivity contribution is 8.02. The molecule has 0 amide bonds. The van der Waals surface area contributed by atoms with Gasteiger partial charge < -0.3 is 5.32 Å². The molecule has 0 bridgehead atoms. The van der Waals surface area contributed by atoms with Gasteiger partial charge in [0.25, 0.3) is 4.21 Å². The van der Waals surface area contributed by atoms with Gasteiger partial charge in [0.15, 0.2) is 10.3 Å². The number of hydrogen-bond acceptors (Lipinski definition) is 3. The Hall–Kier alpha value is -0.580. The number of anilines is 1. The minimum Gasteiger partial charge on any atom is -0.379 e. The van der Waals surface area contributed by atoms with Crippen LogP contribution >= 0.6 is 32.4 Å². The Morgan fingerprint density at radius 3 is 3.13 bits per heavy atom. The average Bonchev–Trinajstić information content (AvgIpc) is 2.72. The van der Waals surface area contributed by atoms with Crippen LogP contribution < -0.4 is 5.32 Å². The van der Waals surface area contributed by atoms with Crippen LogP contribution in [0.5, 0.6) is 0 Å². The SMILES string of the molecule is CSc1[s+]sc2c1-c1ccccc1NC2. The van der Waals surface area contributed by atoms with Crippen molar-refractivity contribution in [3.63, 3.8) is 0 Å². The largest absolute Gasteiger partial charge is 0.379 e. The van der Waals surface area contributed by atoms with Gasteiger partial charge in [-0.05, 0) is 12.3 Å². The smallest absolute Gasteiger partial charge is 0.308 e. The van der Waals surface area contributed by atoms with Crippen molar-refractivity contribution in [1.82, 2.24) is 0 Å². The summed E-state index contributed by atoms with van der Waals surface area (Å²) in [7, 11) is 3.79. The maximum atomic E-state index is 3.46. The third-order valence-corrected chi connectivity index (χ3v) is 6.51. The van der Waals surface area contributed by atoms with E-state index in [-0.39, 0.29) is 0 Å². The second-order valence-corrected chi connectivity index (χ2v) is 6.66. The van der Waals surface area contributed by atoms with E-state index >= 15 is 0 Å². The topological polar surface area (TPSA) is 12.0 Å². The molecule has 0 aliphatic carbocycles. The van der Waals surface area contributed by atoms with Crippen molar-refractivity contribution in [2.75, 3.05) is 11.6 Å². The standard InChI is InChI=1S/C11H10NS3/c1-13-11-10-7-4-2-3-5-8(7)12-6-9(10)14-15-11/h2-5,12H,6H2,1H3/q+1. The van der Waals surface area contributed by atoms with Gasteiger partial charge in [-0.15, -0.1) is 0 Å². The van der Waals surface area contributed by atoms with Crippen LogP contribution in [0.1, 0.15) is 4.88 Å². The fraction of sp³-hybridized carbons (Fsp3) is 0.182. The fourth-order valence-electron chi connectivity index (χ4n) is 1.83. The number of rotatable bonds is 1. The van der Waals surface area contributed by atoms with Gasteiger partial charge in [0.1, 0.15) is 0 Å². The van der Waals surface area contributed by atoms with E-state index in [9.17, 15) is 0 Å². The van der Waals surface area contributed by atoms with Crippen molar-refractivity contribution in [2.45, 2.75) is 10.8 Å². The van der Waals surface area contributed by atoms with Crippen molar-refractivity contribution < 1.29 is 0 Å². The minimum absolute atomic E-state index is 0.980. The third kappa shape index (κ3) is 1.48. The lowest BCUT2D eigenvalue weighted by molar-refractivity contribution is 1.16. The third-order valence-electron chi connectivity index (χ3n) is 2.52. The quantitative estimate of drug-likeness (QED) is 0.458. The molecule has 1 aliphatic rings. The molecule has 3 rings (SSSR count). The molecule has 0 spiro atoms. The maximum Gasteiger partial charge on any atom is 0.308 e. The van der Waals surface area contributed by atoms with Gasteiger partial charge in [0.05, 0.1) is 17.0 Å². The lowest BCUT2D eigenvalue weighted by Gasteiger charge is -2.16. The van der Waals surface area contributed by atoms with Crippen molar-refractivity contribution in [2.24, 2.45) is 0 Å². The normalized spacial score (nSPS) is 12.9. The first-order valence-corrected chi connectivity index (χ1v) is 8.10. The first-order chi connectivity index (χ1) is 7.40. The molecule has 0 fully saturated rings. The van der Waals surface area contributed by atoms with E-state index in [4.69, 9.17) is 0 Å². The second kappa shape index (κ2) is 3.77. The molecule has 0 radical (unpaired) electrons. The van der Waals surface area contributed by atoms with E-state index in [1.54, 1.807) is 0 Å². The average molecular weight is 252 g/mol. The summed E-state index contributed by atoms with van der Waals surface area (Å²) in [5.74, 6) is 0. The summed E-state index contributed by atoms with van der Waals surface area (Å²) >= 11 is 1.85. The molecule has 1 aromatic heterocycles. The number of nitrogens with one attached hydrogen (secondary N) is 1. The number of benzene rings is 1. The second-order valence-electron chi connectivity index (χ2n) is 3.36. The van der Waals surface area contributed by atoms with Crippen LogP contribution in [0.15, 0.2) is 28.5 Å². The maximum absolute atomic E-state index is 3.46. The van der Waals surface area contributed by atoms with Crippen LogP contribution in [0.3, 0.4) is 0 Å². The van der Waals surface area contributed by atoms with E-state index in [0.29, 0.717) is 0 Å². The predicted octanol–water partition coefficient (Wildman–Crippen LogP) is 4.41. The number of thioether (sulfide) groups is 1. The molecule has 2 heterocycles. The zero-order valence-electron chi connectivity index (χ0n) is 8.24. The Morgan fingerprint density at radius 2 is 2.27 bits per heavy atom. The van der Waals surface area contributed by atoms with Gasteiger partial charge in [-0.3, -0.25) is 0 Å². The predicted molar refractivity (Wildman–Crippen MR) is 71.1 cm³/mol. The number of fused-ring (bicyclic) bond motifs is 3. The summed E-state index contributed by atoms with van der Waals surface area (Å²) in [5, 5.41) is 3.46. The van der Waals surface area contributed by atoms with Crippen molar-refractivity contribution in [3.05, 3.63) is 29.1 Å². The zero-order chi connectivity index (χ0) is 10.3. The summed E-state index contributed by atoms with van der Waals surface area (Å²) < 4.78 is 1.45. The Morgan fingerprint density at radius 1 is 1.40 bits per heavy atom. The first kappa shape index (κ1) is 9.63. The monoisotopic (exact) mass is 252 g/mol. The van der Waals surface area contributed by atoms with Gasteiger partial charge in [-0.2, -0.15) is 0 Å². The molecule has 0 saturated carbocycles. The molecule has 2 aromatic rings. The van der Waals surface area contributed by atoms with Gasteiger partial charge in [0, 0.05) is 11.3 Å². The molecular formula is C11H10NS3+. The molecule has 4 heteroatoms. The van der Waals surface area contributed by atoms with Crippen molar-refractivity contribution in [1.29, 1.82) is 0 Å². The van der Waals surface area contributed by atoms with E-state index in [2.05, 4.69) is 35.8 Å². The first-order valence-electron chi connectivity index (χ1n) is 4.72. The van der Waals surface area contributed by atoms with E-state index in [1.807, 2.05) is 32.4 Å². The molecule has 0 atom stereocenters. The zero-order valence-corrected chi connectivity index (χ0v) is 10.7. The summed E-state index contributed by atoms with van der Waals surface area (Å²) in [6, 6.07) is 8.57. The Kier molecular flexibility index (Phi) is 2.42. The summed E-state index contributed by atoms with van der Waals surface area (Å²) in [5.41, 5.74) is 4.10. The molecule has 1 aliphatic heterocycles. The highest BCUT2D eigenvalue weighted by atomic mass is 32.9. The molecule has 15 heavy (non-hydrogen) atoms. The highest BCUT2D eigenvalue weighted by Crippen LogP contribution is 2.46. The van der Waals surface area contributed by atoms with Gasteiger partial charge >= 0.3 is 10.3 Å². The molecule has 1 aromatic carbocycles. The highest BCUT2D eigenvalue weighted by Gasteiger charge is 2.28. The van der Waals surface area contributed by atoms with Crippen LogP contribution in [0.25, 0.3) is 11.1 Å². The van der Waals surface area contributed by atoms with Gasteiger partial charge in [-0.25, -0.2) is 0 Å². The summed E-state index contributed by atoms with van der Waals surface area (Å²) in [6.07, 6.45) is 2.16. The van der Waals surface area contributed by atoms with Crippen LogP contribution in [0, 0.1) is 0 Å².